The molecule has 0 radical (unpaired) electrons. The molecule has 0 fully saturated rings. The quantitative estimate of drug-likeness (QED) is 0.0311. The highest BCUT2D eigenvalue weighted by Crippen LogP contribution is 2.37. The monoisotopic (exact) mass is 949 g/mol. The summed E-state index contributed by atoms with van der Waals surface area (Å²) in [6.07, 6.45) is 23.3. The molecule has 0 saturated heterocycles. The van der Waals surface area contributed by atoms with Gasteiger partial charge in [0.15, 0.2) is 0 Å². The molecule has 0 aromatic heterocycles. The van der Waals surface area contributed by atoms with Gasteiger partial charge in [-0.2, -0.15) is 0 Å². The van der Waals surface area contributed by atoms with Gasteiger partial charge in [-0.3, -0.25) is 0 Å². The summed E-state index contributed by atoms with van der Waals surface area (Å²) in [6, 6.07) is 52.8. The first kappa shape index (κ1) is 51.7. The molecule has 4 heteroatoms. The van der Waals surface area contributed by atoms with E-state index < -0.39 is 0 Å². The lowest BCUT2D eigenvalue weighted by atomic mass is 9.95. The van der Waals surface area contributed by atoms with Crippen molar-refractivity contribution in [3.63, 3.8) is 0 Å². The molecule has 0 atom stereocenters. The second-order valence-electron chi connectivity index (χ2n) is 20.0. The van der Waals surface area contributed by atoms with Crippen LogP contribution < -0.4 is 9.47 Å². The van der Waals surface area contributed by atoms with Gasteiger partial charge in [0.1, 0.15) is 11.5 Å². The minimum atomic E-state index is 0.634. The van der Waals surface area contributed by atoms with Crippen molar-refractivity contribution in [2.24, 2.45) is 0 Å². The van der Waals surface area contributed by atoms with Crippen LogP contribution in [0.15, 0.2) is 146 Å². The van der Waals surface area contributed by atoms with Crippen molar-refractivity contribution >= 4 is 43.1 Å². The maximum Gasteiger partial charge on any atom is 0.127 e. The predicted molar refractivity (Wildman–Crippen MR) is 302 cm³/mol. The van der Waals surface area contributed by atoms with Crippen molar-refractivity contribution < 1.29 is 18.9 Å². The number of rotatable bonds is 32. The van der Waals surface area contributed by atoms with E-state index in [0.717, 1.165) is 88.1 Å². The molecule has 0 saturated carbocycles. The molecule has 8 aromatic carbocycles. The van der Waals surface area contributed by atoms with E-state index in [2.05, 4.69) is 159 Å². The van der Waals surface area contributed by atoms with Gasteiger partial charge < -0.3 is 18.9 Å². The summed E-state index contributed by atoms with van der Waals surface area (Å²) in [7, 11) is 0. The van der Waals surface area contributed by atoms with Crippen LogP contribution in [-0.2, 0) is 29.1 Å². The van der Waals surface area contributed by atoms with E-state index >= 15 is 0 Å². The third-order valence-corrected chi connectivity index (χ3v) is 14.5. The van der Waals surface area contributed by atoms with Crippen LogP contribution in [0.1, 0.15) is 145 Å². The summed E-state index contributed by atoms with van der Waals surface area (Å²) in [4.78, 5) is 0. The van der Waals surface area contributed by atoms with E-state index in [4.69, 9.17) is 18.9 Å². The Hall–Kier alpha value is -5.68. The van der Waals surface area contributed by atoms with E-state index in [1.54, 1.807) is 0 Å². The number of hydrogen-bond donors (Lipinski definition) is 0. The SMILES string of the molecule is CCCCCCCCCCCCc1ccc(C)c(-c2cc(OCCCCCCOCc3c4ccccc4cc4ccccc34)ccc2OCCCCCCOCc2c3ccccc3cc3ccccc23)c1. The van der Waals surface area contributed by atoms with Crippen LogP contribution in [0.5, 0.6) is 11.5 Å². The number of hydrogen-bond acceptors (Lipinski definition) is 4. The van der Waals surface area contributed by atoms with Crippen LogP contribution >= 0.6 is 0 Å². The van der Waals surface area contributed by atoms with Crippen LogP contribution in [0.25, 0.3) is 54.2 Å². The summed E-state index contributed by atoms with van der Waals surface area (Å²) >= 11 is 0. The van der Waals surface area contributed by atoms with Gasteiger partial charge in [-0.15, -0.1) is 0 Å². The van der Waals surface area contributed by atoms with Crippen molar-refractivity contribution in [3.8, 4) is 22.6 Å². The highest BCUT2D eigenvalue weighted by Gasteiger charge is 2.14. The van der Waals surface area contributed by atoms with Crippen LogP contribution in [0, 0.1) is 6.92 Å². The summed E-state index contributed by atoms with van der Waals surface area (Å²) < 4.78 is 25.7. The number of ether oxygens (including phenoxy) is 4. The van der Waals surface area contributed by atoms with Gasteiger partial charge in [-0.05, 0) is 160 Å². The van der Waals surface area contributed by atoms with E-state index in [9.17, 15) is 0 Å². The Morgan fingerprint density at radius 1 is 0.352 bits per heavy atom. The fourth-order valence-corrected chi connectivity index (χ4v) is 10.4. The summed E-state index contributed by atoms with van der Waals surface area (Å²) in [5, 5.41) is 10.2. The average Bonchev–Trinajstić information content (AvgIpc) is 3.40. The molecular formula is C67H80O4. The lowest BCUT2D eigenvalue weighted by molar-refractivity contribution is 0.118. The molecule has 8 aromatic rings. The molecule has 0 heterocycles. The molecule has 0 spiro atoms. The molecule has 372 valence electrons. The molecule has 0 aliphatic heterocycles. The van der Waals surface area contributed by atoms with Gasteiger partial charge in [-0.25, -0.2) is 0 Å². The maximum atomic E-state index is 6.64. The summed E-state index contributed by atoms with van der Waals surface area (Å²) in [5.74, 6) is 1.85. The van der Waals surface area contributed by atoms with E-state index in [-0.39, 0.29) is 0 Å². The van der Waals surface area contributed by atoms with Gasteiger partial charge in [-0.1, -0.05) is 193 Å². The van der Waals surface area contributed by atoms with E-state index in [0.29, 0.717) is 26.4 Å². The minimum Gasteiger partial charge on any atom is -0.494 e. The molecule has 0 N–H and O–H groups in total. The van der Waals surface area contributed by atoms with Gasteiger partial charge in [0, 0.05) is 18.8 Å². The number of unbranched alkanes of at least 4 members (excludes halogenated alkanes) is 15. The van der Waals surface area contributed by atoms with Gasteiger partial charge in [0.2, 0.25) is 0 Å². The van der Waals surface area contributed by atoms with E-state index in [1.165, 1.54) is 135 Å². The summed E-state index contributed by atoms with van der Waals surface area (Å²) in [5.41, 5.74) is 7.65. The van der Waals surface area contributed by atoms with Crippen molar-refractivity contribution in [2.45, 2.75) is 149 Å². The highest BCUT2D eigenvalue weighted by atomic mass is 16.5. The molecule has 8 rings (SSSR count). The molecule has 0 aliphatic rings. The largest absolute Gasteiger partial charge is 0.494 e. The predicted octanol–water partition coefficient (Wildman–Crippen LogP) is 19.1. The van der Waals surface area contributed by atoms with Crippen molar-refractivity contribution in [2.75, 3.05) is 26.4 Å². The molecule has 0 bridgehead atoms. The molecule has 4 nitrogen and oxygen atoms in total. The van der Waals surface area contributed by atoms with Gasteiger partial charge >= 0.3 is 0 Å². The lowest BCUT2D eigenvalue weighted by Crippen LogP contribution is -2.02. The number of benzene rings is 8. The fourth-order valence-electron chi connectivity index (χ4n) is 10.4. The van der Waals surface area contributed by atoms with Crippen LogP contribution in [-0.4, -0.2) is 26.4 Å². The van der Waals surface area contributed by atoms with Crippen LogP contribution in [0.2, 0.25) is 0 Å². The smallest absolute Gasteiger partial charge is 0.127 e. The Morgan fingerprint density at radius 2 is 0.789 bits per heavy atom. The number of aryl methyl sites for hydroxylation is 2. The first-order valence-corrected chi connectivity index (χ1v) is 27.6. The maximum absolute atomic E-state index is 6.64. The van der Waals surface area contributed by atoms with Crippen LogP contribution in [0.4, 0.5) is 0 Å². The zero-order valence-electron chi connectivity index (χ0n) is 43.2. The Labute approximate surface area is 426 Å². The second kappa shape index (κ2) is 28.4. The standard InChI is InChI=1S/C67H80O4/c1-3-4-5-6-7-8-9-10-11-16-29-53-39-38-52(2)63(46-53)64-49-58(70-44-27-14-12-25-42-68-50-65-59-34-21-17-30-54(59)47-55-31-18-22-35-60(55)65)40-41-67(64)71-45-28-15-13-26-43-69-51-66-61-36-23-19-32-56(61)48-57-33-20-24-37-62(57)66/h17-24,30-41,46-49H,3-16,25-29,42-45,50-51H2,1-2H3. The molecule has 71 heavy (non-hydrogen) atoms. The normalized spacial score (nSPS) is 11.6. The van der Waals surface area contributed by atoms with Crippen molar-refractivity contribution in [1.29, 1.82) is 0 Å². The first-order chi connectivity index (χ1) is 35.2. The summed E-state index contributed by atoms with van der Waals surface area (Å²) in [6.45, 7) is 8.71. The molecule has 0 unspecified atom stereocenters. The second-order valence-corrected chi connectivity index (χ2v) is 20.0. The fraction of sp³-hybridized carbons (Fsp3) is 0.403. The zero-order chi connectivity index (χ0) is 48.7. The average molecular weight is 949 g/mol. The molecule has 0 amide bonds. The Bertz CT molecular complexity index is 2750. The topological polar surface area (TPSA) is 36.9 Å². The number of fused-ring (bicyclic) bond motifs is 4. The van der Waals surface area contributed by atoms with E-state index in [1.807, 2.05) is 0 Å². The lowest BCUT2D eigenvalue weighted by Gasteiger charge is -2.17. The zero-order valence-corrected chi connectivity index (χ0v) is 43.2. The Balaban J connectivity index is 0.800. The third-order valence-electron chi connectivity index (χ3n) is 14.5. The van der Waals surface area contributed by atoms with Crippen LogP contribution in [0.3, 0.4) is 0 Å². The van der Waals surface area contributed by atoms with Crippen molar-refractivity contribution in [1.82, 2.24) is 0 Å². The Kier molecular flexibility index (Phi) is 20.7. The van der Waals surface area contributed by atoms with Gasteiger partial charge in [0.25, 0.3) is 0 Å². The molecule has 0 aliphatic carbocycles. The first-order valence-electron chi connectivity index (χ1n) is 27.6. The Morgan fingerprint density at radius 3 is 1.30 bits per heavy atom. The van der Waals surface area contributed by atoms with Crippen molar-refractivity contribution in [3.05, 3.63) is 168 Å². The van der Waals surface area contributed by atoms with Gasteiger partial charge in [0.05, 0.1) is 26.4 Å². The minimum absolute atomic E-state index is 0.634. The third kappa shape index (κ3) is 15.2. The highest BCUT2D eigenvalue weighted by molar-refractivity contribution is 6.03. The molecular weight excluding hydrogens is 869 g/mol.